The topological polar surface area (TPSA) is 25.8 Å². The lowest BCUT2D eigenvalue weighted by Gasteiger charge is -2.05. The molecule has 0 atom stereocenters. The second-order valence-corrected chi connectivity index (χ2v) is 3.23. The minimum atomic E-state index is 0.261. The van der Waals surface area contributed by atoms with Crippen LogP contribution in [0.2, 0.25) is 6.82 Å². The molecular formula is C11H11BN2. The lowest BCUT2D eigenvalue weighted by atomic mass is 9.46. The number of hydrogen-bond acceptors (Lipinski definition) is 2. The zero-order valence-corrected chi connectivity index (χ0v) is 8.09. The molecule has 2 rings (SSSR count). The first-order valence-electron chi connectivity index (χ1n) is 4.70. The van der Waals surface area contributed by atoms with Gasteiger partial charge in [-0.15, -0.1) is 0 Å². The number of aromatic nitrogens is 2. The van der Waals surface area contributed by atoms with Crippen LogP contribution in [0.15, 0.2) is 48.8 Å². The third-order valence-electron chi connectivity index (χ3n) is 2.26. The summed E-state index contributed by atoms with van der Waals surface area (Å²) in [5.41, 5.74) is 2.12. The van der Waals surface area contributed by atoms with Crippen molar-refractivity contribution in [2.75, 3.05) is 0 Å². The van der Waals surface area contributed by atoms with E-state index in [1.807, 2.05) is 48.8 Å². The molecule has 2 nitrogen and oxygen atoms in total. The Kier molecular flexibility index (Phi) is 2.59. The van der Waals surface area contributed by atoms with Crippen LogP contribution in [0.25, 0.3) is 0 Å². The highest BCUT2D eigenvalue weighted by Crippen LogP contribution is 1.86. The third-order valence-corrected chi connectivity index (χ3v) is 2.26. The molecule has 0 amide bonds. The Balaban J connectivity index is 2.30. The summed E-state index contributed by atoms with van der Waals surface area (Å²) in [4.78, 5) is 8.63. The van der Waals surface area contributed by atoms with E-state index in [0.29, 0.717) is 0 Å². The Morgan fingerprint density at radius 1 is 0.857 bits per heavy atom. The molecule has 0 unspecified atom stereocenters. The Bertz CT molecular complexity index is 349. The summed E-state index contributed by atoms with van der Waals surface area (Å²) in [6, 6.07) is 11.9. The molecule has 2 aromatic heterocycles. The molecule has 0 aliphatic rings. The van der Waals surface area contributed by atoms with Gasteiger partial charge in [0.15, 0.2) is 0 Å². The lowest BCUT2D eigenvalue weighted by molar-refractivity contribution is 1.35. The van der Waals surface area contributed by atoms with Gasteiger partial charge in [0.25, 0.3) is 6.71 Å². The van der Waals surface area contributed by atoms with Crippen molar-refractivity contribution < 1.29 is 0 Å². The third kappa shape index (κ3) is 1.82. The maximum Gasteiger partial charge on any atom is 0.254 e. The van der Waals surface area contributed by atoms with Crippen molar-refractivity contribution in [2.24, 2.45) is 0 Å². The van der Waals surface area contributed by atoms with Gasteiger partial charge < -0.3 is 0 Å². The fraction of sp³-hybridized carbons (Fsp3) is 0.0909. The minimum absolute atomic E-state index is 0.261. The fourth-order valence-electron chi connectivity index (χ4n) is 1.42. The molecule has 14 heavy (non-hydrogen) atoms. The van der Waals surface area contributed by atoms with Crippen LogP contribution < -0.4 is 11.2 Å². The normalized spacial score (nSPS) is 9.79. The van der Waals surface area contributed by atoms with Crippen molar-refractivity contribution in [1.29, 1.82) is 0 Å². The van der Waals surface area contributed by atoms with E-state index in [9.17, 15) is 0 Å². The Morgan fingerprint density at radius 2 is 1.36 bits per heavy atom. The van der Waals surface area contributed by atoms with Crippen LogP contribution in [-0.2, 0) is 0 Å². The van der Waals surface area contributed by atoms with Gasteiger partial charge in [-0.1, -0.05) is 19.0 Å². The van der Waals surface area contributed by atoms with Gasteiger partial charge in [0.05, 0.1) is 0 Å². The quantitative estimate of drug-likeness (QED) is 0.639. The van der Waals surface area contributed by atoms with Crippen LogP contribution in [0.1, 0.15) is 0 Å². The molecule has 2 heterocycles. The summed E-state index contributed by atoms with van der Waals surface area (Å²) in [5.74, 6) is 0. The second-order valence-electron chi connectivity index (χ2n) is 3.23. The molecule has 0 radical (unpaired) electrons. The van der Waals surface area contributed by atoms with Gasteiger partial charge in [-0.05, 0) is 24.3 Å². The van der Waals surface area contributed by atoms with Gasteiger partial charge >= 0.3 is 0 Å². The van der Waals surface area contributed by atoms with Crippen molar-refractivity contribution in [2.45, 2.75) is 6.82 Å². The first-order valence-corrected chi connectivity index (χ1v) is 4.70. The first-order chi connectivity index (χ1) is 6.88. The van der Waals surface area contributed by atoms with Crippen LogP contribution in [0.3, 0.4) is 0 Å². The average Bonchev–Trinajstić information content (AvgIpc) is 2.30. The predicted molar refractivity (Wildman–Crippen MR) is 59.4 cm³/mol. The summed E-state index contributed by atoms with van der Waals surface area (Å²) in [7, 11) is 0. The van der Waals surface area contributed by atoms with E-state index < -0.39 is 0 Å². The van der Waals surface area contributed by atoms with Gasteiger partial charge in [-0.2, -0.15) is 0 Å². The molecule has 2 aromatic rings. The molecule has 0 bridgehead atoms. The number of pyridine rings is 2. The number of rotatable bonds is 2. The minimum Gasteiger partial charge on any atom is -0.271 e. The number of nitrogens with zero attached hydrogens (tertiary/aromatic N) is 2. The van der Waals surface area contributed by atoms with E-state index in [-0.39, 0.29) is 6.71 Å². The van der Waals surface area contributed by atoms with Crippen LogP contribution in [0.4, 0.5) is 0 Å². The van der Waals surface area contributed by atoms with Gasteiger partial charge in [-0.3, -0.25) is 9.97 Å². The van der Waals surface area contributed by atoms with Crippen LogP contribution in [0.5, 0.6) is 0 Å². The Labute approximate surface area is 84.1 Å². The fourth-order valence-corrected chi connectivity index (χ4v) is 1.42. The molecule has 0 spiro atoms. The molecule has 0 saturated carbocycles. The van der Waals surface area contributed by atoms with E-state index in [2.05, 4.69) is 16.8 Å². The zero-order chi connectivity index (χ0) is 9.80. The Hall–Kier alpha value is -1.64. The Morgan fingerprint density at radius 3 is 1.71 bits per heavy atom. The maximum atomic E-state index is 4.32. The molecule has 0 aliphatic carbocycles. The summed E-state index contributed by atoms with van der Waals surface area (Å²) >= 11 is 0. The SMILES string of the molecule is CB(c1ccccn1)c1ccccn1. The van der Waals surface area contributed by atoms with E-state index in [1.54, 1.807) is 0 Å². The van der Waals surface area contributed by atoms with Crippen LogP contribution in [-0.4, -0.2) is 16.7 Å². The molecule has 0 aliphatic heterocycles. The van der Waals surface area contributed by atoms with E-state index in [4.69, 9.17) is 0 Å². The largest absolute Gasteiger partial charge is 0.271 e. The van der Waals surface area contributed by atoms with Crippen molar-refractivity contribution in [1.82, 2.24) is 9.97 Å². The molecule has 0 saturated heterocycles. The standard InChI is InChI=1S/C11H11BN2/c1-12(10-6-2-4-8-13-10)11-7-3-5-9-14-11/h2-9H,1H3. The monoisotopic (exact) mass is 182 g/mol. The molecular weight excluding hydrogens is 171 g/mol. The van der Waals surface area contributed by atoms with E-state index in [0.717, 1.165) is 11.2 Å². The van der Waals surface area contributed by atoms with Gasteiger partial charge in [0.1, 0.15) is 0 Å². The van der Waals surface area contributed by atoms with E-state index >= 15 is 0 Å². The highest BCUT2D eigenvalue weighted by molar-refractivity contribution is 6.82. The summed E-state index contributed by atoms with van der Waals surface area (Å²) in [6.07, 6.45) is 3.63. The summed E-state index contributed by atoms with van der Waals surface area (Å²) < 4.78 is 0. The van der Waals surface area contributed by atoms with Gasteiger partial charge in [0.2, 0.25) is 0 Å². The highest BCUT2D eigenvalue weighted by atomic mass is 14.7. The maximum absolute atomic E-state index is 4.32. The van der Waals surface area contributed by atoms with Gasteiger partial charge in [-0.25, -0.2) is 0 Å². The van der Waals surface area contributed by atoms with E-state index in [1.165, 1.54) is 0 Å². The van der Waals surface area contributed by atoms with Crippen molar-refractivity contribution >= 4 is 17.9 Å². The highest BCUT2D eigenvalue weighted by Gasteiger charge is 2.14. The number of hydrogen-bond donors (Lipinski definition) is 0. The molecule has 0 aromatic carbocycles. The lowest BCUT2D eigenvalue weighted by Crippen LogP contribution is -2.42. The van der Waals surface area contributed by atoms with Crippen molar-refractivity contribution in [3.05, 3.63) is 48.8 Å². The van der Waals surface area contributed by atoms with Crippen molar-refractivity contribution in [3.8, 4) is 0 Å². The van der Waals surface area contributed by atoms with Crippen molar-refractivity contribution in [3.63, 3.8) is 0 Å². The van der Waals surface area contributed by atoms with Crippen LogP contribution in [0, 0.1) is 0 Å². The second kappa shape index (κ2) is 4.05. The zero-order valence-electron chi connectivity index (χ0n) is 8.09. The van der Waals surface area contributed by atoms with Crippen LogP contribution >= 0.6 is 0 Å². The summed E-state index contributed by atoms with van der Waals surface area (Å²) in [5, 5.41) is 0. The van der Waals surface area contributed by atoms with Gasteiger partial charge in [0, 0.05) is 23.6 Å². The average molecular weight is 182 g/mol. The molecule has 68 valence electrons. The molecule has 0 fully saturated rings. The molecule has 0 N–H and O–H groups in total. The predicted octanol–water partition coefficient (Wildman–Crippen LogP) is 0.715. The molecule has 3 heteroatoms. The first kappa shape index (κ1) is 8.94. The summed E-state index contributed by atoms with van der Waals surface area (Å²) in [6.45, 7) is 2.38. The smallest absolute Gasteiger partial charge is 0.254 e.